The third-order valence-electron chi connectivity index (χ3n) is 5.88. The summed E-state index contributed by atoms with van der Waals surface area (Å²) in [5.41, 5.74) is 0.571. The van der Waals surface area contributed by atoms with Gasteiger partial charge in [-0.05, 0) is 25.0 Å². The number of halogens is 1. The third kappa shape index (κ3) is 3.89. The van der Waals surface area contributed by atoms with Crippen LogP contribution in [0, 0.1) is 11.3 Å². The van der Waals surface area contributed by atoms with Crippen molar-refractivity contribution in [3.63, 3.8) is 0 Å². The van der Waals surface area contributed by atoms with Gasteiger partial charge >= 0.3 is 0 Å². The molecule has 3 atom stereocenters. The number of aromatic nitrogens is 1. The number of nitrogens with one attached hydrogen (secondary N) is 1. The van der Waals surface area contributed by atoms with Crippen molar-refractivity contribution in [1.29, 1.82) is 5.26 Å². The first kappa shape index (κ1) is 18.1. The Balaban J connectivity index is 1.27. The van der Waals surface area contributed by atoms with Crippen molar-refractivity contribution in [2.24, 2.45) is 0 Å². The highest BCUT2D eigenvalue weighted by Crippen LogP contribution is 2.21. The van der Waals surface area contributed by atoms with E-state index in [1.54, 1.807) is 17.2 Å². The summed E-state index contributed by atoms with van der Waals surface area (Å²) in [6.45, 7) is 5.19. The molecule has 0 spiro atoms. The Morgan fingerprint density at radius 1 is 1.26 bits per heavy atom. The van der Waals surface area contributed by atoms with Gasteiger partial charge in [0.05, 0.1) is 18.2 Å². The monoisotopic (exact) mass is 372 g/mol. The van der Waals surface area contributed by atoms with Gasteiger partial charge in [-0.15, -0.1) is 0 Å². The topological polar surface area (TPSA) is 75.5 Å². The summed E-state index contributed by atoms with van der Waals surface area (Å²) in [5.74, 6) is 0.958. The fourth-order valence-corrected chi connectivity index (χ4v) is 4.28. The van der Waals surface area contributed by atoms with Gasteiger partial charge in [0.2, 0.25) is 5.91 Å². The van der Waals surface area contributed by atoms with Crippen molar-refractivity contribution >= 4 is 11.7 Å². The predicted octanol–water partition coefficient (Wildman–Crippen LogP) is 0.376. The van der Waals surface area contributed by atoms with Crippen molar-refractivity contribution in [2.45, 2.75) is 31.1 Å². The number of nitriles is 1. The van der Waals surface area contributed by atoms with Gasteiger partial charge in [0.15, 0.2) is 0 Å². The maximum Gasteiger partial charge on any atom is 0.239 e. The van der Waals surface area contributed by atoms with E-state index in [0.29, 0.717) is 24.6 Å². The van der Waals surface area contributed by atoms with E-state index in [1.165, 1.54) is 0 Å². The number of likely N-dealkylation sites (tertiary alicyclic amines) is 1. The molecular formula is C19H25FN6O. The number of amides is 1. The van der Waals surface area contributed by atoms with Crippen LogP contribution in [0.3, 0.4) is 0 Å². The molecule has 27 heavy (non-hydrogen) atoms. The summed E-state index contributed by atoms with van der Waals surface area (Å²) in [6.07, 6.45) is 2.00. The van der Waals surface area contributed by atoms with Crippen molar-refractivity contribution in [2.75, 3.05) is 50.7 Å². The number of rotatable bonds is 3. The number of carbonyl (C=O) groups is 1. The normalized spacial score (nSPS) is 29.1. The highest BCUT2D eigenvalue weighted by Gasteiger charge is 2.37. The Kier molecular flexibility index (Phi) is 5.23. The molecule has 1 N–H and O–H groups in total. The molecule has 1 unspecified atom stereocenters. The molecular weight excluding hydrogens is 347 g/mol. The van der Waals surface area contributed by atoms with Gasteiger partial charge < -0.3 is 15.1 Å². The van der Waals surface area contributed by atoms with E-state index in [0.717, 1.165) is 45.0 Å². The van der Waals surface area contributed by atoms with E-state index >= 15 is 0 Å². The third-order valence-corrected chi connectivity index (χ3v) is 5.88. The first-order valence-electron chi connectivity index (χ1n) is 9.65. The van der Waals surface area contributed by atoms with E-state index in [2.05, 4.69) is 26.2 Å². The second kappa shape index (κ2) is 7.79. The van der Waals surface area contributed by atoms with Crippen LogP contribution in [0.1, 0.15) is 18.4 Å². The van der Waals surface area contributed by atoms with Gasteiger partial charge in [0, 0.05) is 51.5 Å². The zero-order valence-electron chi connectivity index (χ0n) is 15.4. The molecule has 144 valence electrons. The summed E-state index contributed by atoms with van der Waals surface area (Å²) in [7, 11) is 0. The first-order chi connectivity index (χ1) is 13.1. The number of hydrogen-bond acceptors (Lipinski definition) is 6. The molecule has 0 aliphatic carbocycles. The summed E-state index contributed by atoms with van der Waals surface area (Å²) in [4.78, 5) is 23.3. The zero-order valence-corrected chi connectivity index (χ0v) is 15.4. The van der Waals surface area contributed by atoms with E-state index in [1.807, 2.05) is 6.07 Å². The van der Waals surface area contributed by atoms with E-state index < -0.39 is 6.17 Å². The van der Waals surface area contributed by atoms with Gasteiger partial charge in [-0.1, -0.05) is 0 Å². The second-order valence-corrected chi connectivity index (χ2v) is 7.56. The van der Waals surface area contributed by atoms with Crippen molar-refractivity contribution < 1.29 is 9.18 Å². The molecule has 7 nitrogen and oxygen atoms in total. The van der Waals surface area contributed by atoms with Gasteiger partial charge in [-0.25, -0.2) is 9.37 Å². The van der Waals surface area contributed by atoms with Crippen molar-refractivity contribution in [1.82, 2.24) is 20.1 Å². The van der Waals surface area contributed by atoms with Crippen LogP contribution < -0.4 is 10.2 Å². The second-order valence-electron chi connectivity index (χ2n) is 7.56. The highest BCUT2D eigenvalue weighted by molar-refractivity contribution is 5.82. The lowest BCUT2D eigenvalue weighted by Crippen LogP contribution is -2.51. The molecule has 4 heterocycles. The Bertz CT molecular complexity index is 712. The smallest absolute Gasteiger partial charge is 0.239 e. The molecule has 0 radical (unpaired) electrons. The molecule has 3 saturated heterocycles. The lowest BCUT2D eigenvalue weighted by atomic mass is 10.1. The average Bonchev–Trinajstić information content (AvgIpc) is 3.37. The van der Waals surface area contributed by atoms with E-state index in [9.17, 15) is 9.18 Å². The summed E-state index contributed by atoms with van der Waals surface area (Å²) in [6, 6.07) is 5.95. The number of piperazine rings is 1. The lowest BCUT2D eigenvalue weighted by Gasteiger charge is -2.38. The number of carbonyl (C=O) groups excluding carboxylic acids is 1. The van der Waals surface area contributed by atoms with Gasteiger partial charge in [-0.2, -0.15) is 5.26 Å². The maximum absolute atomic E-state index is 13.4. The van der Waals surface area contributed by atoms with Crippen LogP contribution in [-0.2, 0) is 4.79 Å². The van der Waals surface area contributed by atoms with Crippen molar-refractivity contribution in [3.05, 3.63) is 23.9 Å². The van der Waals surface area contributed by atoms with Crippen molar-refractivity contribution in [3.8, 4) is 6.07 Å². The summed E-state index contributed by atoms with van der Waals surface area (Å²) in [5, 5.41) is 12.2. The quantitative estimate of drug-likeness (QED) is 0.827. The minimum Gasteiger partial charge on any atom is -0.354 e. The molecule has 8 heteroatoms. The minimum atomic E-state index is -0.866. The Hall–Kier alpha value is -2.24. The molecule has 3 aliphatic rings. The fraction of sp³-hybridized carbons (Fsp3) is 0.632. The number of hydrogen-bond donors (Lipinski definition) is 1. The molecule has 3 fully saturated rings. The molecule has 1 aromatic rings. The highest BCUT2D eigenvalue weighted by atomic mass is 19.1. The molecule has 3 aliphatic heterocycles. The van der Waals surface area contributed by atoms with Gasteiger partial charge in [0.25, 0.3) is 0 Å². The number of pyridine rings is 1. The lowest BCUT2D eigenvalue weighted by molar-refractivity contribution is -0.132. The SMILES string of the molecule is N#Cc1ccc(N2CCN([C@@H]3CN[C@H](C(=O)N4CCC(F)C4)C3)CC2)nc1. The number of nitrogens with zero attached hydrogens (tertiary/aromatic N) is 5. The fourth-order valence-electron chi connectivity index (χ4n) is 4.28. The molecule has 1 aromatic heterocycles. The zero-order chi connectivity index (χ0) is 18.8. The van der Waals surface area contributed by atoms with Crippen LogP contribution in [0.15, 0.2) is 18.3 Å². The molecule has 0 saturated carbocycles. The summed E-state index contributed by atoms with van der Waals surface area (Å²) < 4.78 is 13.4. The van der Waals surface area contributed by atoms with E-state index in [-0.39, 0.29) is 18.5 Å². The van der Waals surface area contributed by atoms with Crippen LogP contribution in [0.5, 0.6) is 0 Å². The molecule has 4 rings (SSSR count). The number of anilines is 1. The number of alkyl halides is 1. The van der Waals surface area contributed by atoms with Crippen LogP contribution >= 0.6 is 0 Å². The van der Waals surface area contributed by atoms with Gasteiger partial charge in [0.1, 0.15) is 18.1 Å². The van der Waals surface area contributed by atoms with Crippen LogP contribution in [-0.4, -0.2) is 84.8 Å². The Morgan fingerprint density at radius 2 is 2.07 bits per heavy atom. The average molecular weight is 372 g/mol. The minimum absolute atomic E-state index is 0.0538. The summed E-state index contributed by atoms with van der Waals surface area (Å²) >= 11 is 0. The van der Waals surface area contributed by atoms with Crippen LogP contribution in [0.4, 0.5) is 10.2 Å². The van der Waals surface area contributed by atoms with E-state index in [4.69, 9.17) is 5.26 Å². The predicted molar refractivity (Wildman–Crippen MR) is 99.0 cm³/mol. The van der Waals surface area contributed by atoms with Crippen LogP contribution in [0.2, 0.25) is 0 Å². The maximum atomic E-state index is 13.4. The first-order valence-corrected chi connectivity index (χ1v) is 9.65. The molecule has 0 aromatic carbocycles. The van der Waals surface area contributed by atoms with Gasteiger partial charge in [-0.3, -0.25) is 9.69 Å². The molecule has 0 bridgehead atoms. The largest absolute Gasteiger partial charge is 0.354 e. The van der Waals surface area contributed by atoms with Crippen LogP contribution in [0.25, 0.3) is 0 Å². The standard InChI is InChI=1S/C19H25FN6O/c20-15-3-4-26(13-15)19(27)17-9-16(12-22-17)24-5-7-25(8-6-24)18-2-1-14(10-21)11-23-18/h1-2,11,15-17,22H,3-9,12-13H2/t15?,16-,17-/m0/s1. The Labute approximate surface area is 158 Å². The Morgan fingerprint density at radius 3 is 2.70 bits per heavy atom. The molecule has 1 amide bonds.